The largest absolute Gasteiger partial charge is 0.273 e. The molecule has 1 amide bonds. The number of sulfonamides is 1. The number of carbonyl (C=O) groups is 1. The van der Waals surface area contributed by atoms with E-state index in [1.807, 2.05) is 6.92 Å². The van der Waals surface area contributed by atoms with E-state index in [-0.39, 0.29) is 16.7 Å². The van der Waals surface area contributed by atoms with Crippen molar-refractivity contribution < 1.29 is 13.2 Å². The zero-order valence-electron chi connectivity index (χ0n) is 16.7. The third-order valence-electron chi connectivity index (χ3n) is 5.15. The predicted molar refractivity (Wildman–Crippen MR) is 119 cm³/mol. The van der Waals surface area contributed by atoms with Crippen LogP contribution in [-0.2, 0) is 14.8 Å². The highest BCUT2D eigenvalue weighted by molar-refractivity contribution is 7.89. The van der Waals surface area contributed by atoms with Crippen LogP contribution in [0.25, 0.3) is 0 Å². The van der Waals surface area contributed by atoms with Crippen LogP contribution in [0, 0.1) is 12.8 Å². The van der Waals surface area contributed by atoms with Gasteiger partial charge in [-0.15, -0.1) is 0 Å². The molecule has 0 saturated carbocycles. The van der Waals surface area contributed by atoms with Crippen LogP contribution in [0.3, 0.4) is 0 Å². The Balaban J connectivity index is 1.58. The van der Waals surface area contributed by atoms with Gasteiger partial charge in [-0.3, -0.25) is 4.79 Å². The lowest BCUT2D eigenvalue weighted by Crippen LogP contribution is -2.42. The number of benzene rings is 2. The van der Waals surface area contributed by atoms with E-state index in [0.29, 0.717) is 41.7 Å². The van der Waals surface area contributed by atoms with Crippen molar-refractivity contribution >= 4 is 44.8 Å². The third-order valence-corrected chi connectivity index (χ3v) is 7.81. The molecule has 1 aliphatic heterocycles. The molecule has 1 aliphatic rings. The van der Waals surface area contributed by atoms with Crippen molar-refractivity contribution in [3.8, 4) is 0 Å². The van der Waals surface area contributed by atoms with Gasteiger partial charge in [0.1, 0.15) is 0 Å². The Bertz CT molecular complexity index is 1060. The highest BCUT2D eigenvalue weighted by Gasteiger charge is 2.32. The van der Waals surface area contributed by atoms with Gasteiger partial charge in [0.25, 0.3) is 0 Å². The van der Waals surface area contributed by atoms with Crippen LogP contribution in [-0.4, -0.2) is 37.4 Å². The molecule has 160 valence electrons. The summed E-state index contributed by atoms with van der Waals surface area (Å²) in [6, 6.07) is 11.9. The number of nitrogens with one attached hydrogen (secondary N) is 1. The molecule has 30 heavy (non-hydrogen) atoms. The Hall–Kier alpha value is -1.93. The summed E-state index contributed by atoms with van der Waals surface area (Å²) in [6.45, 7) is 4.26. The lowest BCUT2D eigenvalue weighted by Gasteiger charge is -2.30. The van der Waals surface area contributed by atoms with Gasteiger partial charge >= 0.3 is 0 Å². The summed E-state index contributed by atoms with van der Waals surface area (Å²) in [5.41, 5.74) is 4.93. The van der Waals surface area contributed by atoms with Gasteiger partial charge in [0.05, 0.1) is 20.7 Å². The highest BCUT2D eigenvalue weighted by Crippen LogP contribution is 2.25. The van der Waals surface area contributed by atoms with E-state index in [2.05, 4.69) is 10.5 Å². The number of amides is 1. The Morgan fingerprint density at radius 2 is 1.70 bits per heavy atom. The fourth-order valence-corrected chi connectivity index (χ4v) is 5.00. The van der Waals surface area contributed by atoms with Crippen LogP contribution in [0.2, 0.25) is 10.0 Å². The normalized spacial score (nSPS) is 16.5. The number of hydrogen-bond acceptors (Lipinski definition) is 4. The van der Waals surface area contributed by atoms with Crippen LogP contribution in [0.15, 0.2) is 52.5 Å². The van der Waals surface area contributed by atoms with Crippen LogP contribution in [0.5, 0.6) is 0 Å². The van der Waals surface area contributed by atoms with Crippen molar-refractivity contribution in [2.75, 3.05) is 13.1 Å². The fourth-order valence-electron chi connectivity index (χ4n) is 3.23. The van der Waals surface area contributed by atoms with Gasteiger partial charge < -0.3 is 0 Å². The van der Waals surface area contributed by atoms with Gasteiger partial charge in [-0.2, -0.15) is 9.41 Å². The molecule has 2 aromatic rings. The molecular formula is C21H23Cl2N3O3S. The average molecular weight is 468 g/mol. The van der Waals surface area contributed by atoms with Crippen molar-refractivity contribution in [2.24, 2.45) is 11.0 Å². The van der Waals surface area contributed by atoms with Gasteiger partial charge in [0, 0.05) is 19.0 Å². The van der Waals surface area contributed by atoms with E-state index in [1.165, 1.54) is 4.31 Å². The summed E-state index contributed by atoms with van der Waals surface area (Å²) in [5.74, 6) is -0.512. The van der Waals surface area contributed by atoms with Crippen molar-refractivity contribution in [2.45, 2.75) is 31.6 Å². The molecule has 0 aromatic heterocycles. The van der Waals surface area contributed by atoms with Crippen LogP contribution < -0.4 is 5.43 Å². The van der Waals surface area contributed by atoms with E-state index >= 15 is 0 Å². The second kappa shape index (κ2) is 9.47. The number of hydrazone groups is 1. The van der Waals surface area contributed by atoms with Gasteiger partial charge in [-0.05, 0) is 56.5 Å². The van der Waals surface area contributed by atoms with Crippen LogP contribution in [0.1, 0.15) is 30.9 Å². The van der Waals surface area contributed by atoms with E-state index in [4.69, 9.17) is 23.2 Å². The molecule has 0 atom stereocenters. The predicted octanol–water partition coefficient (Wildman–Crippen LogP) is 4.24. The second-order valence-corrected chi connectivity index (χ2v) is 10.0. The number of hydrogen-bond donors (Lipinski definition) is 1. The number of rotatable bonds is 5. The SMILES string of the molecule is C/C(=N\NC(=O)C1CCN(S(=O)(=O)c2ccc(C)cc2)CC1)c1ccc(Cl)c(Cl)c1. The zero-order chi connectivity index (χ0) is 21.9. The molecule has 9 heteroatoms. The van der Waals surface area contributed by atoms with Gasteiger partial charge in [-0.1, -0.05) is 47.0 Å². The monoisotopic (exact) mass is 467 g/mol. The molecular weight excluding hydrogens is 445 g/mol. The molecule has 2 aromatic carbocycles. The first-order valence-corrected chi connectivity index (χ1v) is 11.7. The maximum Gasteiger partial charge on any atom is 0.243 e. The van der Waals surface area contributed by atoms with Crippen LogP contribution >= 0.6 is 23.2 Å². The number of nitrogens with zero attached hydrogens (tertiary/aromatic N) is 2. The summed E-state index contributed by atoms with van der Waals surface area (Å²) in [4.78, 5) is 12.8. The molecule has 3 rings (SSSR count). The molecule has 0 bridgehead atoms. The number of aryl methyl sites for hydroxylation is 1. The van der Waals surface area contributed by atoms with Crippen LogP contribution in [0.4, 0.5) is 0 Å². The average Bonchev–Trinajstić information content (AvgIpc) is 2.74. The van der Waals surface area contributed by atoms with E-state index < -0.39 is 10.0 Å². The maximum absolute atomic E-state index is 12.8. The number of halogens is 2. The molecule has 0 aliphatic carbocycles. The minimum Gasteiger partial charge on any atom is -0.273 e. The van der Waals surface area contributed by atoms with E-state index in [1.54, 1.807) is 49.4 Å². The van der Waals surface area contributed by atoms with Gasteiger partial charge in [0.15, 0.2) is 0 Å². The summed E-state index contributed by atoms with van der Waals surface area (Å²) in [7, 11) is -3.55. The molecule has 1 heterocycles. The number of piperidine rings is 1. The van der Waals surface area contributed by atoms with E-state index in [0.717, 1.165) is 11.1 Å². The molecule has 0 unspecified atom stereocenters. The maximum atomic E-state index is 12.8. The number of carbonyl (C=O) groups excluding carboxylic acids is 1. The third kappa shape index (κ3) is 5.21. The van der Waals surface area contributed by atoms with E-state index in [9.17, 15) is 13.2 Å². The Kier molecular flexibility index (Phi) is 7.18. The minimum absolute atomic E-state index is 0.221. The topological polar surface area (TPSA) is 78.8 Å². The molecule has 1 N–H and O–H groups in total. The van der Waals surface area contributed by atoms with Crippen molar-refractivity contribution in [3.63, 3.8) is 0 Å². The second-order valence-electron chi connectivity index (χ2n) is 7.29. The summed E-state index contributed by atoms with van der Waals surface area (Å²) < 4.78 is 27.0. The van der Waals surface area contributed by atoms with Crippen molar-refractivity contribution in [1.29, 1.82) is 0 Å². The molecule has 1 saturated heterocycles. The highest BCUT2D eigenvalue weighted by atomic mass is 35.5. The first-order chi connectivity index (χ1) is 14.2. The van der Waals surface area contributed by atoms with Gasteiger partial charge in [0.2, 0.25) is 15.9 Å². The summed E-state index contributed by atoms with van der Waals surface area (Å²) >= 11 is 11.9. The van der Waals surface area contributed by atoms with Crippen molar-refractivity contribution in [3.05, 3.63) is 63.6 Å². The van der Waals surface area contributed by atoms with Gasteiger partial charge in [-0.25, -0.2) is 13.8 Å². The Morgan fingerprint density at radius 1 is 1.07 bits per heavy atom. The standard InChI is InChI=1S/C21H23Cl2N3O3S/c1-14-3-6-18(7-4-14)30(28,29)26-11-9-16(10-12-26)21(27)25-24-15(2)17-5-8-19(22)20(23)13-17/h3-8,13,16H,9-12H2,1-2H3,(H,25,27)/b24-15+. The quantitative estimate of drug-likeness (QED) is 0.527. The van der Waals surface area contributed by atoms with Crippen molar-refractivity contribution in [1.82, 2.24) is 9.73 Å². The Labute approximate surface area is 186 Å². The first-order valence-electron chi connectivity index (χ1n) is 9.55. The lowest BCUT2D eigenvalue weighted by atomic mass is 9.98. The molecule has 0 spiro atoms. The lowest BCUT2D eigenvalue weighted by molar-refractivity contribution is -0.126. The summed E-state index contributed by atoms with van der Waals surface area (Å²) in [5, 5.41) is 5.01. The molecule has 6 nitrogen and oxygen atoms in total. The summed E-state index contributed by atoms with van der Waals surface area (Å²) in [6.07, 6.45) is 0.885. The Morgan fingerprint density at radius 3 is 2.30 bits per heavy atom. The fraction of sp³-hybridized carbons (Fsp3) is 0.333. The molecule has 0 radical (unpaired) electrons. The molecule has 1 fully saturated rings. The smallest absolute Gasteiger partial charge is 0.243 e. The first kappa shape index (κ1) is 22.7. The minimum atomic E-state index is -3.55. The zero-order valence-corrected chi connectivity index (χ0v) is 19.1.